The number of methoxy groups -OCH3 is 1. The Morgan fingerprint density at radius 3 is 2.61 bits per heavy atom. The molecule has 3 aromatic carbocycles. The Bertz CT molecular complexity index is 1250. The highest BCUT2D eigenvalue weighted by Gasteiger charge is 2.24. The van der Waals surface area contributed by atoms with Gasteiger partial charge in [0.15, 0.2) is 0 Å². The molecular weight excluding hydrogens is 438 g/mol. The molecule has 0 spiro atoms. The fourth-order valence-electron chi connectivity index (χ4n) is 3.93. The zero-order valence-corrected chi connectivity index (χ0v) is 19.5. The van der Waals surface area contributed by atoms with Crippen LogP contribution in [0.25, 0.3) is 0 Å². The van der Waals surface area contributed by atoms with Crippen molar-refractivity contribution in [2.75, 3.05) is 41.8 Å². The van der Waals surface area contributed by atoms with Gasteiger partial charge in [-0.2, -0.15) is 0 Å². The number of nitrogens with zero attached hydrogens (tertiary/aromatic N) is 2. The SMILES string of the molecule is COc1ccc2c(c1)CCCN2C(=O)CNc1cccc(S(=O)(=O)N(C)c2ccccc2)c1. The largest absolute Gasteiger partial charge is 0.497 e. The Morgan fingerprint density at radius 1 is 1.06 bits per heavy atom. The van der Waals surface area contributed by atoms with E-state index in [-0.39, 0.29) is 17.3 Å². The molecule has 172 valence electrons. The summed E-state index contributed by atoms with van der Waals surface area (Å²) in [6.45, 7) is 0.708. The van der Waals surface area contributed by atoms with Crippen molar-refractivity contribution in [3.05, 3.63) is 78.4 Å². The van der Waals surface area contributed by atoms with Crippen LogP contribution in [-0.2, 0) is 21.2 Å². The van der Waals surface area contributed by atoms with Crippen molar-refractivity contribution in [3.63, 3.8) is 0 Å². The summed E-state index contributed by atoms with van der Waals surface area (Å²) in [7, 11) is -0.581. The summed E-state index contributed by atoms with van der Waals surface area (Å²) in [5.74, 6) is 0.704. The molecule has 0 aromatic heterocycles. The van der Waals surface area contributed by atoms with Gasteiger partial charge in [-0.3, -0.25) is 9.10 Å². The van der Waals surface area contributed by atoms with E-state index in [0.717, 1.165) is 29.8 Å². The van der Waals surface area contributed by atoms with E-state index in [9.17, 15) is 13.2 Å². The van der Waals surface area contributed by atoms with E-state index >= 15 is 0 Å². The number of benzene rings is 3. The lowest BCUT2D eigenvalue weighted by Gasteiger charge is -2.30. The molecule has 0 unspecified atom stereocenters. The number of para-hydroxylation sites is 1. The summed E-state index contributed by atoms with van der Waals surface area (Å²) < 4.78 is 32.7. The molecule has 4 rings (SSSR count). The van der Waals surface area contributed by atoms with Crippen LogP contribution < -0.4 is 19.3 Å². The minimum absolute atomic E-state index is 0.0590. The molecule has 1 aliphatic rings. The van der Waals surface area contributed by atoms with Gasteiger partial charge in [0.25, 0.3) is 10.0 Å². The smallest absolute Gasteiger partial charge is 0.264 e. The molecule has 0 aliphatic carbocycles. The normalized spacial score (nSPS) is 13.2. The number of carbonyl (C=O) groups is 1. The lowest BCUT2D eigenvalue weighted by Crippen LogP contribution is -2.39. The average Bonchev–Trinajstić information content (AvgIpc) is 2.86. The Kier molecular flexibility index (Phi) is 6.55. The molecule has 0 atom stereocenters. The van der Waals surface area contributed by atoms with Gasteiger partial charge in [-0.15, -0.1) is 0 Å². The molecular formula is C25H27N3O4S. The quantitative estimate of drug-likeness (QED) is 0.572. The van der Waals surface area contributed by atoms with Crippen molar-refractivity contribution in [2.24, 2.45) is 0 Å². The maximum absolute atomic E-state index is 13.1. The van der Waals surface area contributed by atoms with E-state index in [1.54, 1.807) is 60.5 Å². The highest BCUT2D eigenvalue weighted by molar-refractivity contribution is 7.92. The summed E-state index contributed by atoms with van der Waals surface area (Å²) in [6, 6.07) is 21.2. The van der Waals surface area contributed by atoms with E-state index in [1.807, 2.05) is 24.3 Å². The number of aryl methyl sites for hydroxylation is 1. The van der Waals surface area contributed by atoms with Gasteiger partial charge in [-0.25, -0.2) is 8.42 Å². The van der Waals surface area contributed by atoms with Gasteiger partial charge in [0, 0.05) is 25.0 Å². The van der Waals surface area contributed by atoms with Crippen molar-refractivity contribution in [1.82, 2.24) is 0 Å². The van der Waals surface area contributed by atoms with Crippen LogP contribution in [-0.4, -0.2) is 41.6 Å². The molecule has 0 fully saturated rings. The minimum Gasteiger partial charge on any atom is -0.497 e. The molecule has 0 saturated carbocycles. The van der Waals surface area contributed by atoms with Crippen LogP contribution in [0.2, 0.25) is 0 Å². The maximum atomic E-state index is 13.1. The van der Waals surface area contributed by atoms with Crippen LogP contribution >= 0.6 is 0 Å². The molecule has 7 nitrogen and oxygen atoms in total. The second kappa shape index (κ2) is 9.54. The van der Waals surface area contributed by atoms with Gasteiger partial charge in [-0.1, -0.05) is 24.3 Å². The number of carbonyl (C=O) groups excluding carboxylic acids is 1. The number of rotatable bonds is 7. The molecule has 1 aliphatic heterocycles. The van der Waals surface area contributed by atoms with Gasteiger partial charge in [0.05, 0.1) is 24.2 Å². The van der Waals surface area contributed by atoms with Crippen LogP contribution in [0.15, 0.2) is 77.7 Å². The Morgan fingerprint density at radius 2 is 1.85 bits per heavy atom. The van der Waals surface area contributed by atoms with Crippen molar-refractivity contribution in [1.29, 1.82) is 0 Å². The van der Waals surface area contributed by atoms with E-state index < -0.39 is 10.0 Å². The van der Waals surface area contributed by atoms with Gasteiger partial charge in [0.1, 0.15) is 5.75 Å². The molecule has 1 amide bonds. The van der Waals surface area contributed by atoms with Gasteiger partial charge < -0.3 is 15.0 Å². The van der Waals surface area contributed by atoms with Gasteiger partial charge >= 0.3 is 0 Å². The standard InChI is InChI=1S/C25H27N3O4S/c1-27(21-10-4-3-5-11-21)33(30,31)23-12-6-9-20(17-23)26-18-25(29)28-15-7-8-19-16-22(32-2)13-14-24(19)28/h3-6,9-14,16-17,26H,7-8,15,18H2,1-2H3. The molecule has 33 heavy (non-hydrogen) atoms. The Balaban J connectivity index is 1.47. The number of amides is 1. The van der Waals surface area contributed by atoms with Crippen molar-refractivity contribution < 1.29 is 17.9 Å². The topological polar surface area (TPSA) is 79.0 Å². The second-order valence-electron chi connectivity index (χ2n) is 7.83. The first-order chi connectivity index (χ1) is 15.9. The van der Waals surface area contributed by atoms with Crippen LogP contribution in [0.1, 0.15) is 12.0 Å². The molecule has 1 N–H and O–H groups in total. The highest BCUT2D eigenvalue weighted by atomic mass is 32.2. The number of ether oxygens (including phenoxy) is 1. The summed E-state index contributed by atoms with van der Waals surface area (Å²) in [5.41, 5.74) is 3.13. The van der Waals surface area contributed by atoms with E-state index in [1.165, 1.54) is 11.4 Å². The van der Waals surface area contributed by atoms with E-state index in [2.05, 4.69) is 5.32 Å². The summed E-state index contributed by atoms with van der Waals surface area (Å²) in [5, 5.41) is 3.09. The average molecular weight is 466 g/mol. The third kappa shape index (κ3) is 4.80. The van der Waals surface area contributed by atoms with Crippen LogP contribution in [0.5, 0.6) is 5.75 Å². The highest BCUT2D eigenvalue weighted by Crippen LogP contribution is 2.30. The molecule has 1 heterocycles. The number of hydrogen-bond donors (Lipinski definition) is 1. The van der Waals surface area contributed by atoms with Crippen LogP contribution in [0.3, 0.4) is 0 Å². The Labute approximate surface area is 194 Å². The predicted molar refractivity (Wildman–Crippen MR) is 131 cm³/mol. The molecule has 3 aromatic rings. The first-order valence-corrected chi connectivity index (χ1v) is 12.2. The van der Waals surface area contributed by atoms with Crippen molar-refractivity contribution >= 4 is 33.0 Å². The van der Waals surface area contributed by atoms with E-state index in [4.69, 9.17) is 4.74 Å². The molecule has 0 radical (unpaired) electrons. The van der Waals surface area contributed by atoms with Gasteiger partial charge in [-0.05, 0) is 66.9 Å². The minimum atomic E-state index is -3.73. The predicted octanol–water partition coefficient (Wildman–Crippen LogP) is 3.91. The monoisotopic (exact) mass is 465 g/mol. The zero-order chi connectivity index (χ0) is 23.4. The lowest BCUT2D eigenvalue weighted by atomic mass is 10.0. The molecule has 0 bridgehead atoms. The molecule has 8 heteroatoms. The third-order valence-electron chi connectivity index (χ3n) is 5.76. The van der Waals surface area contributed by atoms with Gasteiger partial charge in [0.2, 0.25) is 5.91 Å². The summed E-state index contributed by atoms with van der Waals surface area (Å²) in [4.78, 5) is 14.9. The fourth-order valence-corrected chi connectivity index (χ4v) is 5.18. The second-order valence-corrected chi connectivity index (χ2v) is 9.80. The first-order valence-electron chi connectivity index (χ1n) is 10.8. The Hall–Kier alpha value is -3.52. The number of fused-ring (bicyclic) bond motifs is 1. The number of anilines is 3. The molecule has 0 saturated heterocycles. The lowest BCUT2D eigenvalue weighted by molar-refractivity contribution is -0.117. The number of sulfonamides is 1. The fraction of sp³-hybridized carbons (Fsp3) is 0.240. The summed E-state index contributed by atoms with van der Waals surface area (Å²) >= 11 is 0. The van der Waals surface area contributed by atoms with Crippen LogP contribution in [0, 0.1) is 0 Å². The van der Waals surface area contributed by atoms with Crippen LogP contribution in [0.4, 0.5) is 17.1 Å². The zero-order valence-electron chi connectivity index (χ0n) is 18.7. The maximum Gasteiger partial charge on any atom is 0.264 e. The van der Waals surface area contributed by atoms with Crippen molar-refractivity contribution in [3.8, 4) is 5.75 Å². The van der Waals surface area contributed by atoms with Crippen molar-refractivity contribution in [2.45, 2.75) is 17.7 Å². The first kappa shape index (κ1) is 22.7. The number of nitrogens with one attached hydrogen (secondary N) is 1. The van der Waals surface area contributed by atoms with E-state index in [0.29, 0.717) is 17.9 Å². The third-order valence-corrected chi connectivity index (χ3v) is 7.54. The number of hydrogen-bond acceptors (Lipinski definition) is 5. The summed E-state index contributed by atoms with van der Waals surface area (Å²) in [6.07, 6.45) is 1.78.